The van der Waals surface area contributed by atoms with Crippen molar-refractivity contribution in [3.63, 3.8) is 0 Å². The summed E-state index contributed by atoms with van der Waals surface area (Å²) >= 11 is 1.36. The maximum Gasteiger partial charge on any atom is 0.279 e. The minimum Gasteiger partial charge on any atom is -0.493 e. The van der Waals surface area contributed by atoms with E-state index in [1.54, 1.807) is 18.5 Å². The Labute approximate surface area is 197 Å². The summed E-state index contributed by atoms with van der Waals surface area (Å²) in [5, 5.41) is 0. The number of rotatable bonds is 5. The largest absolute Gasteiger partial charge is 0.493 e. The Bertz CT molecular complexity index is 1330. The van der Waals surface area contributed by atoms with Crippen LogP contribution in [-0.4, -0.2) is 50.5 Å². The SMILES string of the molecule is COc1cc2sc(=NC(=O)c3ccc(S(=O)(=O)N4CCCCCC4)cc3)n(C)c2cc1OC. The van der Waals surface area contributed by atoms with Crippen LogP contribution in [0.3, 0.4) is 0 Å². The van der Waals surface area contributed by atoms with E-state index >= 15 is 0 Å². The van der Waals surface area contributed by atoms with Crippen molar-refractivity contribution in [2.45, 2.75) is 30.6 Å². The van der Waals surface area contributed by atoms with Crippen molar-refractivity contribution in [2.24, 2.45) is 12.0 Å². The van der Waals surface area contributed by atoms with E-state index in [0.717, 1.165) is 35.9 Å². The summed E-state index contributed by atoms with van der Waals surface area (Å²) in [7, 11) is 1.41. The first-order valence-corrected chi connectivity index (χ1v) is 13.0. The van der Waals surface area contributed by atoms with Crippen molar-refractivity contribution in [2.75, 3.05) is 27.3 Å². The lowest BCUT2D eigenvalue weighted by Gasteiger charge is -2.19. The summed E-state index contributed by atoms with van der Waals surface area (Å²) in [4.78, 5) is 17.8. The molecule has 1 aliphatic rings. The second kappa shape index (κ2) is 9.66. The van der Waals surface area contributed by atoms with Gasteiger partial charge in [0.25, 0.3) is 5.91 Å². The van der Waals surface area contributed by atoms with E-state index in [1.165, 1.54) is 35.6 Å². The molecular formula is C23H27N3O5S2. The first-order valence-electron chi connectivity index (χ1n) is 10.8. The van der Waals surface area contributed by atoms with Crippen LogP contribution in [0.1, 0.15) is 36.0 Å². The highest BCUT2D eigenvalue weighted by Gasteiger charge is 2.25. The van der Waals surface area contributed by atoms with Gasteiger partial charge in [-0.1, -0.05) is 24.2 Å². The van der Waals surface area contributed by atoms with E-state index < -0.39 is 15.9 Å². The minimum absolute atomic E-state index is 0.201. The second-order valence-corrected chi connectivity index (χ2v) is 10.8. The van der Waals surface area contributed by atoms with Crippen molar-refractivity contribution >= 4 is 37.5 Å². The van der Waals surface area contributed by atoms with Gasteiger partial charge in [-0.2, -0.15) is 9.30 Å². The van der Waals surface area contributed by atoms with Crippen LogP contribution in [0, 0.1) is 0 Å². The van der Waals surface area contributed by atoms with Crippen molar-refractivity contribution in [3.8, 4) is 11.5 Å². The molecule has 0 spiro atoms. The van der Waals surface area contributed by atoms with Gasteiger partial charge in [0.1, 0.15) is 0 Å². The molecule has 0 N–H and O–H groups in total. The molecule has 10 heteroatoms. The number of amides is 1. The molecule has 33 heavy (non-hydrogen) atoms. The quantitative estimate of drug-likeness (QED) is 0.547. The summed E-state index contributed by atoms with van der Waals surface area (Å²) in [6.45, 7) is 1.08. The highest BCUT2D eigenvalue weighted by molar-refractivity contribution is 7.89. The Morgan fingerprint density at radius 1 is 0.970 bits per heavy atom. The van der Waals surface area contributed by atoms with Crippen LogP contribution >= 0.6 is 11.3 Å². The first kappa shape index (κ1) is 23.5. The number of nitrogens with zero attached hydrogens (tertiary/aromatic N) is 3. The summed E-state index contributed by atoms with van der Waals surface area (Å²) < 4.78 is 40.9. The zero-order valence-corrected chi connectivity index (χ0v) is 20.5. The molecule has 1 aromatic heterocycles. The maximum absolute atomic E-state index is 13.0. The summed E-state index contributed by atoms with van der Waals surface area (Å²) in [6.07, 6.45) is 3.85. The lowest BCUT2D eigenvalue weighted by molar-refractivity contribution is 0.0998. The normalized spacial score (nSPS) is 16.0. The average Bonchev–Trinajstić information content (AvgIpc) is 3.00. The number of sulfonamides is 1. The highest BCUT2D eigenvalue weighted by Crippen LogP contribution is 2.33. The van der Waals surface area contributed by atoms with Crippen LogP contribution in [0.15, 0.2) is 46.3 Å². The number of fused-ring (bicyclic) bond motifs is 1. The highest BCUT2D eigenvalue weighted by atomic mass is 32.2. The number of thiazole rings is 1. The maximum atomic E-state index is 13.0. The van der Waals surface area contributed by atoms with Crippen LogP contribution in [-0.2, 0) is 17.1 Å². The number of hydrogen-bond acceptors (Lipinski definition) is 6. The van der Waals surface area contributed by atoms with Gasteiger partial charge in [-0.25, -0.2) is 8.42 Å². The van der Waals surface area contributed by atoms with E-state index in [-0.39, 0.29) is 4.90 Å². The van der Waals surface area contributed by atoms with Crippen molar-refractivity contribution < 1.29 is 22.7 Å². The topological polar surface area (TPSA) is 90.2 Å². The van der Waals surface area contributed by atoms with Crippen LogP contribution in [0.5, 0.6) is 11.5 Å². The minimum atomic E-state index is -3.56. The van der Waals surface area contributed by atoms with E-state index in [4.69, 9.17) is 9.47 Å². The molecule has 2 heterocycles. The fourth-order valence-corrected chi connectivity index (χ4v) is 6.46. The Kier molecular flexibility index (Phi) is 6.87. The molecule has 1 aliphatic heterocycles. The van der Waals surface area contributed by atoms with Crippen LogP contribution in [0.25, 0.3) is 10.2 Å². The van der Waals surface area contributed by atoms with Crippen molar-refractivity contribution in [1.29, 1.82) is 0 Å². The number of carbonyl (C=O) groups is 1. The zero-order chi connectivity index (χ0) is 23.6. The molecule has 0 saturated carbocycles. The molecule has 1 amide bonds. The van der Waals surface area contributed by atoms with Gasteiger partial charge in [0.15, 0.2) is 16.3 Å². The molecule has 0 aliphatic carbocycles. The van der Waals surface area contributed by atoms with E-state index in [0.29, 0.717) is 35.0 Å². The molecule has 0 radical (unpaired) electrons. The monoisotopic (exact) mass is 489 g/mol. The number of aromatic nitrogens is 1. The molecule has 2 aromatic carbocycles. The molecule has 4 rings (SSSR count). The number of carbonyl (C=O) groups excluding carboxylic acids is 1. The molecule has 0 atom stereocenters. The summed E-state index contributed by atoms with van der Waals surface area (Å²) in [5.41, 5.74) is 1.19. The van der Waals surface area contributed by atoms with E-state index in [2.05, 4.69) is 4.99 Å². The lowest BCUT2D eigenvalue weighted by atomic mass is 10.2. The number of hydrogen-bond donors (Lipinski definition) is 0. The van der Waals surface area contributed by atoms with Crippen molar-refractivity contribution in [1.82, 2.24) is 8.87 Å². The third-order valence-corrected chi connectivity index (χ3v) is 8.82. The van der Waals surface area contributed by atoms with Crippen LogP contribution < -0.4 is 14.3 Å². The molecule has 0 unspecified atom stereocenters. The molecule has 0 bridgehead atoms. The number of methoxy groups -OCH3 is 2. The second-order valence-electron chi connectivity index (χ2n) is 7.88. The van der Waals surface area contributed by atoms with Gasteiger partial charge < -0.3 is 14.0 Å². The van der Waals surface area contributed by atoms with Gasteiger partial charge >= 0.3 is 0 Å². The van der Waals surface area contributed by atoms with Crippen LogP contribution in [0.4, 0.5) is 0 Å². The third kappa shape index (κ3) is 4.68. The molecule has 8 nitrogen and oxygen atoms in total. The van der Waals surface area contributed by atoms with Gasteiger partial charge in [0.2, 0.25) is 10.0 Å². The predicted molar refractivity (Wildman–Crippen MR) is 127 cm³/mol. The molecular weight excluding hydrogens is 462 g/mol. The fourth-order valence-electron chi connectivity index (χ4n) is 3.91. The Morgan fingerprint density at radius 2 is 1.58 bits per heavy atom. The molecule has 1 fully saturated rings. The van der Waals surface area contributed by atoms with E-state index in [1.807, 2.05) is 23.7 Å². The van der Waals surface area contributed by atoms with Gasteiger partial charge in [-0.3, -0.25) is 4.79 Å². The summed E-state index contributed by atoms with van der Waals surface area (Å²) in [5.74, 6) is 0.762. The predicted octanol–water partition coefficient (Wildman–Crippen LogP) is 3.56. The first-order chi connectivity index (χ1) is 15.8. The Hall–Kier alpha value is -2.69. The number of aryl methyl sites for hydroxylation is 1. The van der Waals surface area contributed by atoms with Crippen LogP contribution in [0.2, 0.25) is 0 Å². The smallest absolute Gasteiger partial charge is 0.279 e. The Morgan fingerprint density at radius 3 is 2.18 bits per heavy atom. The van der Waals surface area contributed by atoms with E-state index in [9.17, 15) is 13.2 Å². The lowest BCUT2D eigenvalue weighted by Crippen LogP contribution is -2.31. The van der Waals surface area contributed by atoms with Gasteiger partial charge in [0, 0.05) is 37.8 Å². The average molecular weight is 490 g/mol. The number of ether oxygens (including phenoxy) is 2. The molecule has 1 saturated heterocycles. The van der Waals surface area contributed by atoms with Gasteiger partial charge in [-0.05, 0) is 37.1 Å². The van der Waals surface area contributed by atoms with Gasteiger partial charge in [-0.15, -0.1) is 0 Å². The zero-order valence-electron chi connectivity index (χ0n) is 18.9. The van der Waals surface area contributed by atoms with Gasteiger partial charge in [0.05, 0.1) is 29.3 Å². The standard InChI is InChI=1S/C23H27N3O5S2/c1-25-18-14-19(30-2)20(31-3)15-21(18)32-23(25)24-22(27)16-8-10-17(11-9-16)33(28,29)26-12-6-4-5-7-13-26/h8-11,14-15H,4-7,12-13H2,1-3H3. The molecule has 176 valence electrons. The van der Waals surface area contributed by atoms with Crippen molar-refractivity contribution in [3.05, 3.63) is 46.8 Å². The summed E-state index contributed by atoms with van der Waals surface area (Å²) in [6, 6.07) is 9.72. The Balaban J connectivity index is 1.62. The molecule has 3 aromatic rings. The fraction of sp³-hybridized carbons (Fsp3) is 0.391. The number of benzene rings is 2. The third-order valence-electron chi connectivity index (χ3n) is 5.82.